The second-order valence-corrected chi connectivity index (χ2v) is 5.82. The number of nitrogens with two attached hydrogens (primary N) is 1. The summed E-state index contributed by atoms with van der Waals surface area (Å²) in [7, 11) is 0. The second-order valence-electron chi connectivity index (χ2n) is 4.66. The van der Waals surface area contributed by atoms with Crippen LogP contribution >= 0.6 is 11.8 Å². The van der Waals surface area contributed by atoms with Gasteiger partial charge in [-0.25, -0.2) is 4.98 Å². The first-order valence-corrected chi connectivity index (χ1v) is 7.03. The quantitative estimate of drug-likeness (QED) is 0.812. The molecule has 1 aromatic heterocycles. The topological polar surface area (TPSA) is 54.7 Å². The van der Waals surface area contributed by atoms with Crippen molar-refractivity contribution >= 4 is 11.8 Å². The Bertz CT molecular complexity index is 453. The summed E-state index contributed by atoms with van der Waals surface area (Å²) in [5.74, 6) is 0.482. The zero-order valence-corrected chi connectivity index (χ0v) is 11.5. The van der Waals surface area contributed by atoms with Gasteiger partial charge in [-0.05, 0) is 11.5 Å². The van der Waals surface area contributed by atoms with Crippen LogP contribution in [0.1, 0.15) is 25.5 Å². The van der Waals surface area contributed by atoms with E-state index in [9.17, 15) is 0 Å². The molecule has 3 nitrogen and oxygen atoms in total. The molecule has 0 aliphatic rings. The molecule has 0 spiro atoms. The van der Waals surface area contributed by atoms with Gasteiger partial charge in [0.25, 0.3) is 0 Å². The molecule has 0 saturated carbocycles. The molecule has 2 atom stereocenters. The third-order valence-electron chi connectivity index (χ3n) is 2.92. The molecule has 1 aromatic carbocycles. The van der Waals surface area contributed by atoms with Crippen molar-refractivity contribution in [3.8, 4) is 0 Å². The SMILES string of the molecule is CC(C)C(Sc1ncc[nH]1)C(N)c1ccccc1. The van der Waals surface area contributed by atoms with E-state index in [1.165, 1.54) is 5.56 Å². The Hall–Kier alpha value is -1.26. The van der Waals surface area contributed by atoms with Crippen LogP contribution in [0, 0.1) is 5.92 Å². The van der Waals surface area contributed by atoms with Gasteiger partial charge < -0.3 is 10.7 Å². The van der Waals surface area contributed by atoms with E-state index in [0.29, 0.717) is 11.2 Å². The molecule has 0 aliphatic heterocycles. The van der Waals surface area contributed by atoms with Gasteiger partial charge in [0.1, 0.15) is 0 Å². The summed E-state index contributed by atoms with van der Waals surface area (Å²) in [5.41, 5.74) is 7.57. The lowest BCUT2D eigenvalue weighted by Crippen LogP contribution is -2.28. The van der Waals surface area contributed by atoms with Gasteiger partial charge in [0.15, 0.2) is 5.16 Å². The standard InChI is InChI=1S/C14H19N3S/c1-10(2)13(18-14-16-8-9-17-14)12(15)11-6-4-3-5-7-11/h3-10,12-13H,15H2,1-2H3,(H,16,17). The van der Waals surface area contributed by atoms with E-state index < -0.39 is 0 Å². The predicted molar refractivity (Wildman–Crippen MR) is 76.4 cm³/mol. The monoisotopic (exact) mass is 261 g/mol. The number of nitrogens with zero attached hydrogens (tertiary/aromatic N) is 1. The molecule has 96 valence electrons. The van der Waals surface area contributed by atoms with Gasteiger partial charge in [0.05, 0.1) is 0 Å². The van der Waals surface area contributed by atoms with Crippen molar-refractivity contribution in [3.63, 3.8) is 0 Å². The highest BCUT2D eigenvalue weighted by atomic mass is 32.2. The smallest absolute Gasteiger partial charge is 0.165 e. The Kier molecular flexibility index (Phi) is 4.44. The first-order chi connectivity index (χ1) is 8.68. The summed E-state index contributed by atoms with van der Waals surface area (Å²) in [6, 6.07) is 10.3. The molecule has 3 N–H and O–H groups in total. The number of thioether (sulfide) groups is 1. The van der Waals surface area contributed by atoms with E-state index in [-0.39, 0.29) is 6.04 Å². The first-order valence-electron chi connectivity index (χ1n) is 6.15. The lowest BCUT2D eigenvalue weighted by Gasteiger charge is -2.26. The van der Waals surface area contributed by atoms with Crippen LogP contribution in [0.25, 0.3) is 0 Å². The lowest BCUT2D eigenvalue weighted by molar-refractivity contribution is 0.526. The van der Waals surface area contributed by atoms with Crippen LogP contribution in [0.4, 0.5) is 0 Å². The first kappa shape index (κ1) is 13.2. The Balaban J connectivity index is 2.15. The van der Waals surface area contributed by atoms with Crippen molar-refractivity contribution in [1.29, 1.82) is 0 Å². The number of hydrogen-bond acceptors (Lipinski definition) is 3. The molecule has 0 amide bonds. The van der Waals surface area contributed by atoms with Crippen LogP contribution in [0.3, 0.4) is 0 Å². The molecule has 0 saturated heterocycles. The number of nitrogens with one attached hydrogen (secondary N) is 1. The Morgan fingerprint density at radius 3 is 2.50 bits per heavy atom. The molecule has 4 heteroatoms. The Morgan fingerprint density at radius 2 is 1.94 bits per heavy atom. The highest BCUT2D eigenvalue weighted by molar-refractivity contribution is 7.99. The molecule has 0 bridgehead atoms. The molecule has 0 fully saturated rings. The maximum absolute atomic E-state index is 6.39. The van der Waals surface area contributed by atoms with Crippen molar-refractivity contribution in [3.05, 3.63) is 48.3 Å². The van der Waals surface area contributed by atoms with Gasteiger partial charge in [0.2, 0.25) is 0 Å². The highest BCUT2D eigenvalue weighted by Gasteiger charge is 2.24. The zero-order valence-electron chi connectivity index (χ0n) is 10.7. The Morgan fingerprint density at radius 1 is 1.22 bits per heavy atom. The second kappa shape index (κ2) is 6.07. The largest absolute Gasteiger partial charge is 0.340 e. The number of hydrogen-bond donors (Lipinski definition) is 2. The molecule has 1 heterocycles. The molecule has 18 heavy (non-hydrogen) atoms. The van der Waals surface area contributed by atoms with Crippen LogP contribution in [0.5, 0.6) is 0 Å². The highest BCUT2D eigenvalue weighted by Crippen LogP contribution is 2.33. The van der Waals surface area contributed by atoms with Crippen molar-refractivity contribution in [2.45, 2.75) is 30.3 Å². The van der Waals surface area contributed by atoms with E-state index in [4.69, 9.17) is 5.73 Å². The zero-order chi connectivity index (χ0) is 13.0. The maximum atomic E-state index is 6.39. The van der Waals surface area contributed by atoms with E-state index in [1.54, 1.807) is 18.0 Å². The van der Waals surface area contributed by atoms with Gasteiger partial charge in [0, 0.05) is 23.7 Å². The number of rotatable bonds is 5. The predicted octanol–water partition coefficient (Wildman–Crippen LogP) is 3.23. The van der Waals surface area contributed by atoms with Gasteiger partial charge in [-0.1, -0.05) is 55.9 Å². The molecule has 2 rings (SSSR count). The average Bonchev–Trinajstić information content (AvgIpc) is 2.89. The van der Waals surface area contributed by atoms with Crippen molar-refractivity contribution in [1.82, 2.24) is 9.97 Å². The maximum Gasteiger partial charge on any atom is 0.165 e. The number of aromatic amines is 1. The fraction of sp³-hybridized carbons (Fsp3) is 0.357. The molecule has 0 aliphatic carbocycles. The fourth-order valence-corrected chi connectivity index (χ4v) is 3.02. The van der Waals surface area contributed by atoms with Crippen molar-refractivity contribution < 1.29 is 0 Å². The van der Waals surface area contributed by atoms with Crippen LogP contribution < -0.4 is 5.73 Å². The molecule has 2 unspecified atom stereocenters. The summed E-state index contributed by atoms with van der Waals surface area (Å²) >= 11 is 1.71. The Labute approximate surface area is 112 Å². The summed E-state index contributed by atoms with van der Waals surface area (Å²) < 4.78 is 0. The van der Waals surface area contributed by atoms with E-state index >= 15 is 0 Å². The average molecular weight is 261 g/mol. The minimum Gasteiger partial charge on any atom is -0.340 e. The van der Waals surface area contributed by atoms with Gasteiger partial charge in [-0.3, -0.25) is 0 Å². The minimum atomic E-state index is 0.0151. The number of imidazole rings is 1. The van der Waals surface area contributed by atoms with E-state index in [2.05, 4.69) is 35.9 Å². The number of H-pyrrole nitrogens is 1. The van der Waals surface area contributed by atoms with Gasteiger partial charge in [-0.2, -0.15) is 0 Å². The van der Waals surface area contributed by atoms with Crippen LogP contribution in [0.2, 0.25) is 0 Å². The van der Waals surface area contributed by atoms with Crippen LogP contribution in [-0.4, -0.2) is 15.2 Å². The normalized spacial score (nSPS) is 14.7. The van der Waals surface area contributed by atoms with Crippen LogP contribution in [0.15, 0.2) is 47.9 Å². The van der Waals surface area contributed by atoms with E-state index in [0.717, 1.165) is 5.16 Å². The molecular weight excluding hydrogens is 242 g/mol. The third kappa shape index (κ3) is 3.15. The summed E-state index contributed by atoms with van der Waals surface area (Å²) in [4.78, 5) is 7.39. The molecular formula is C14H19N3S. The van der Waals surface area contributed by atoms with E-state index in [1.807, 2.05) is 24.4 Å². The van der Waals surface area contributed by atoms with Gasteiger partial charge >= 0.3 is 0 Å². The van der Waals surface area contributed by atoms with Crippen LogP contribution in [-0.2, 0) is 0 Å². The van der Waals surface area contributed by atoms with Crippen molar-refractivity contribution in [2.75, 3.05) is 0 Å². The van der Waals surface area contributed by atoms with Gasteiger partial charge in [-0.15, -0.1) is 0 Å². The lowest BCUT2D eigenvalue weighted by atomic mass is 9.97. The molecule has 2 aromatic rings. The fourth-order valence-electron chi connectivity index (χ4n) is 1.93. The summed E-state index contributed by atoms with van der Waals surface area (Å²) in [5, 5.41) is 1.23. The molecule has 0 radical (unpaired) electrons. The number of benzene rings is 1. The minimum absolute atomic E-state index is 0.0151. The van der Waals surface area contributed by atoms with Crippen molar-refractivity contribution in [2.24, 2.45) is 11.7 Å². The number of aromatic nitrogens is 2. The summed E-state index contributed by atoms with van der Waals surface area (Å²) in [6.07, 6.45) is 3.61. The third-order valence-corrected chi connectivity index (χ3v) is 4.47. The summed E-state index contributed by atoms with van der Waals surface area (Å²) in [6.45, 7) is 4.40.